The van der Waals surface area contributed by atoms with E-state index < -0.39 is 18.9 Å². The van der Waals surface area contributed by atoms with Crippen LogP contribution in [0.15, 0.2) is 194 Å². The molecule has 7 heteroatoms. The van der Waals surface area contributed by atoms with Gasteiger partial charge in [0.2, 0.25) is 7.37 Å². The Morgan fingerprint density at radius 2 is 0.912 bits per heavy atom. The standard InChI is InChI=1S/C32H33O4P.C18H18O2/c1-26(37(34,25-30-20-12-5-13-21-30)36-24-29-18-10-4-11-19-29)31(22-27-14-6-2-7-15-27)32(33)35-23-28-16-8-3-9-17-28;1-2-17(13-15-9-5-3-6-10-15)18(19)20-14-16-11-7-4-8-12-16/h2-21,26,31H,22-25H2,1H3;2-12H,13-14H2,1H3/b;17-2-. The van der Waals surface area contributed by atoms with E-state index in [1.165, 1.54) is 0 Å². The summed E-state index contributed by atoms with van der Waals surface area (Å²) >= 11 is 0. The molecule has 0 aliphatic rings. The molecule has 0 aliphatic carbocycles. The van der Waals surface area contributed by atoms with Crippen molar-refractivity contribution in [3.8, 4) is 0 Å². The number of esters is 2. The summed E-state index contributed by atoms with van der Waals surface area (Å²) < 4.78 is 32.0. The number of carbonyl (C=O) groups is 2. The molecule has 0 spiro atoms. The second-order valence-corrected chi connectivity index (χ2v) is 16.6. The predicted molar refractivity (Wildman–Crippen MR) is 228 cm³/mol. The van der Waals surface area contributed by atoms with Gasteiger partial charge in [0.1, 0.15) is 13.2 Å². The van der Waals surface area contributed by atoms with Gasteiger partial charge in [-0.05, 0) is 46.7 Å². The third-order valence-electron chi connectivity index (χ3n) is 9.63. The summed E-state index contributed by atoms with van der Waals surface area (Å²) in [5.74, 6) is -1.24. The average molecular weight is 779 g/mol. The van der Waals surface area contributed by atoms with Crippen molar-refractivity contribution >= 4 is 19.3 Å². The third-order valence-corrected chi connectivity index (χ3v) is 12.6. The summed E-state index contributed by atoms with van der Waals surface area (Å²) in [6, 6.07) is 58.4. The molecule has 0 aromatic heterocycles. The SMILES string of the molecule is C/C=C(/Cc1ccccc1)C(=O)OCc1ccccc1.CC(C(Cc1ccccc1)C(=O)OCc1ccccc1)P(=O)(Cc1ccccc1)OCc1ccccc1. The van der Waals surface area contributed by atoms with Crippen molar-refractivity contribution in [1.82, 2.24) is 0 Å². The lowest BCUT2D eigenvalue weighted by Gasteiger charge is -2.30. The molecule has 3 unspecified atom stereocenters. The normalized spacial score (nSPS) is 13.2. The highest BCUT2D eigenvalue weighted by Crippen LogP contribution is 2.58. The summed E-state index contributed by atoms with van der Waals surface area (Å²) in [7, 11) is -3.34. The van der Waals surface area contributed by atoms with E-state index in [4.69, 9.17) is 14.0 Å². The molecule has 0 aliphatic heterocycles. The third kappa shape index (κ3) is 14.0. The predicted octanol–water partition coefficient (Wildman–Crippen LogP) is 11.6. The smallest absolute Gasteiger partial charge is 0.334 e. The molecule has 0 amide bonds. The molecule has 6 aromatic rings. The van der Waals surface area contributed by atoms with Gasteiger partial charge in [-0.3, -0.25) is 9.36 Å². The Morgan fingerprint density at radius 3 is 1.37 bits per heavy atom. The summed E-state index contributed by atoms with van der Waals surface area (Å²) in [5, 5.41) is 0. The first-order chi connectivity index (χ1) is 27.8. The summed E-state index contributed by atoms with van der Waals surface area (Å²) in [6.07, 6.45) is 3.09. The molecule has 6 nitrogen and oxygen atoms in total. The molecule has 292 valence electrons. The maximum atomic E-state index is 14.6. The van der Waals surface area contributed by atoms with Gasteiger partial charge in [0.25, 0.3) is 0 Å². The zero-order chi connectivity index (χ0) is 40.1. The van der Waals surface area contributed by atoms with Crippen LogP contribution in [0.25, 0.3) is 0 Å². The van der Waals surface area contributed by atoms with E-state index in [1.807, 2.05) is 202 Å². The molecule has 3 atom stereocenters. The summed E-state index contributed by atoms with van der Waals surface area (Å²) in [4.78, 5) is 25.6. The Bertz CT molecular complexity index is 2140. The number of carbonyl (C=O) groups excluding carboxylic acids is 2. The fraction of sp³-hybridized carbons (Fsp3) is 0.200. The van der Waals surface area contributed by atoms with Crippen LogP contribution in [0, 0.1) is 5.92 Å². The van der Waals surface area contributed by atoms with Gasteiger partial charge in [0.05, 0.1) is 18.7 Å². The van der Waals surface area contributed by atoms with Crippen LogP contribution in [0.3, 0.4) is 0 Å². The monoisotopic (exact) mass is 778 g/mol. The number of hydrogen-bond donors (Lipinski definition) is 0. The van der Waals surface area contributed by atoms with Crippen molar-refractivity contribution in [2.45, 2.75) is 58.3 Å². The molecule has 57 heavy (non-hydrogen) atoms. The summed E-state index contributed by atoms with van der Waals surface area (Å²) in [6.45, 7) is 4.43. The molecule has 6 rings (SSSR count). The van der Waals surface area contributed by atoms with E-state index in [2.05, 4.69) is 0 Å². The Labute approximate surface area is 337 Å². The first-order valence-electron chi connectivity index (χ1n) is 19.3. The van der Waals surface area contributed by atoms with Crippen molar-refractivity contribution in [2.24, 2.45) is 5.92 Å². The van der Waals surface area contributed by atoms with Crippen molar-refractivity contribution in [3.05, 3.63) is 227 Å². The van der Waals surface area contributed by atoms with Gasteiger partial charge in [-0.15, -0.1) is 0 Å². The van der Waals surface area contributed by atoms with E-state index in [0.29, 0.717) is 25.0 Å². The van der Waals surface area contributed by atoms with E-state index in [-0.39, 0.29) is 31.3 Å². The van der Waals surface area contributed by atoms with Crippen LogP contribution in [0.2, 0.25) is 0 Å². The quantitative estimate of drug-likeness (QED) is 0.0521. The maximum absolute atomic E-state index is 14.6. The second kappa shape index (κ2) is 22.7. The number of allylic oxidation sites excluding steroid dienone is 1. The molecule has 0 saturated heterocycles. The lowest BCUT2D eigenvalue weighted by Crippen LogP contribution is -2.31. The molecular formula is C50H51O6P. The average Bonchev–Trinajstić information content (AvgIpc) is 3.27. The van der Waals surface area contributed by atoms with Gasteiger partial charge in [-0.2, -0.15) is 0 Å². The van der Waals surface area contributed by atoms with Gasteiger partial charge in [0.15, 0.2) is 0 Å². The number of rotatable bonds is 17. The van der Waals surface area contributed by atoms with Gasteiger partial charge in [0, 0.05) is 17.7 Å². The molecule has 6 aromatic carbocycles. The zero-order valence-corrected chi connectivity index (χ0v) is 33.6. The molecule has 0 bridgehead atoms. The fourth-order valence-corrected chi connectivity index (χ4v) is 8.73. The first-order valence-corrected chi connectivity index (χ1v) is 21.2. The van der Waals surface area contributed by atoms with Crippen LogP contribution in [-0.2, 0) is 67.0 Å². The van der Waals surface area contributed by atoms with Crippen LogP contribution in [0.1, 0.15) is 47.2 Å². The largest absolute Gasteiger partial charge is 0.461 e. The van der Waals surface area contributed by atoms with Crippen molar-refractivity contribution in [1.29, 1.82) is 0 Å². The minimum absolute atomic E-state index is 0.172. The maximum Gasteiger partial charge on any atom is 0.334 e. The second-order valence-electron chi connectivity index (χ2n) is 13.8. The molecule has 0 radical (unpaired) electrons. The van der Waals surface area contributed by atoms with Gasteiger partial charge >= 0.3 is 11.9 Å². The zero-order valence-electron chi connectivity index (χ0n) is 32.7. The number of benzene rings is 6. The van der Waals surface area contributed by atoms with E-state index in [1.54, 1.807) is 0 Å². The molecule has 0 heterocycles. The van der Waals surface area contributed by atoms with Crippen molar-refractivity contribution < 1.29 is 28.2 Å². The first kappa shape index (κ1) is 42.3. The van der Waals surface area contributed by atoms with Crippen LogP contribution in [0.4, 0.5) is 0 Å². The molecule has 0 N–H and O–H groups in total. The van der Waals surface area contributed by atoms with Crippen molar-refractivity contribution in [3.63, 3.8) is 0 Å². The molecule has 0 fully saturated rings. The lowest BCUT2D eigenvalue weighted by atomic mass is 9.96. The highest BCUT2D eigenvalue weighted by molar-refractivity contribution is 7.59. The highest BCUT2D eigenvalue weighted by atomic mass is 31.2. The van der Waals surface area contributed by atoms with E-state index in [0.717, 1.165) is 33.4 Å². The van der Waals surface area contributed by atoms with Gasteiger partial charge < -0.3 is 14.0 Å². The van der Waals surface area contributed by atoms with Crippen LogP contribution < -0.4 is 0 Å². The Balaban J connectivity index is 0.000000261. The van der Waals surface area contributed by atoms with Crippen LogP contribution >= 0.6 is 7.37 Å². The lowest BCUT2D eigenvalue weighted by molar-refractivity contribution is -0.150. The van der Waals surface area contributed by atoms with Crippen LogP contribution in [-0.4, -0.2) is 17.6 Å². The summed E-state index contributed by atoms with van der Waals surface area (Å²) in [5.41, 5.74) is 6.00. The number of ether oxygens (including phenoxy) is 2. The van der Waals surface area contributed by atoms with E-state index >= 15 is 0 Å². The van der Waals surface area contributed by atoms with Gasteiger partial charge in [-0.1, -0.05) is 195 Å². The number of hydrogen-bond acceptors (Lipinski definition) is 6. The fourth-order valence-electron chi connectivity index (χ4n) is 6.26. The topological polar surface area (TPSA) is 78.9 Å². The Morgan fingerprint density at radius 1 is 0.526 bits per heavy atom. The van der Waals surface area contributed by atoms with Crippen molar-refractivity contribution in [2.75, 3.05) is 0 Å². The minimum atomic E-state index is -3.34. The Kier molecular flexibility index (Phi) is 16.8. The molecular weight excluding hydrogens is 728 g/mol. The van der Waals surface area contributed by atoms with Crippen LogP contribution in [0.5, 0.6) is 0 Å². The molecule has 0 saturated carbocycles. The highest BCUT2D eigenvalue weighted by Gasteiger charge is 2.41. The Hall–Kier alpha value is -5.81. The van der Waals surface area contributed by atoms with Gasteiger partial charge in [-0.25, -0.2) is 4.79 Å². The minimum Gasteiger partial charge on any atom is -0.461 e. The van der Waals surface area contributed by atoms with E-state index in [9.17, 15) is 14.2 Å².